The minimum atomic E-state index is -0.173. The monoisotopic (exact) mass is 415 g/mol. The highest BCUT2D eigenvalue weighted by molar-refractivity contribution is 5.96. The first-order valence-corrected chi connectivity index (χ1v) is 10.2. The molecule has 0 bridgehead atoms. The van der Waals surface area contributed by atoms with Crippen LogP contribution in [0.4, 0.5) is 0 Å². The largest absolute Gasteiger partial charge is 0.383 e. The average Bonchev–Trinajstić information content (AvgIpc) is 3.17. The van der Waals surface area contributed by atoms with Crippen molar-refractivity contribution in [1.29, 1.82) is 0 Å². The predicted molar refractivity (Wildman–Crippen MR) is 116 cm³/mol. The van der Waals surface area contributed by atoms with Gasteiger partial charge in [-0.05, 0) is 36.2 Å². The molecule has 0 saturated carbocycles. The van der Waals surface area contributed by atoms with Gasteiger partial charge in [-0.3, -0.25) is 9.59 Å². The zero-order valence-electron chi connectivity index (χ0n) is 18.5. The van der Waals surface area contributed by atoms with Gasteiger partial charge in [-0.15, -0.1) is 0 Å². The molecule has 0 atom stereocenters. The molecule has 2 aromatic rings. The molecule has 7 heteroatoms. The molecule has 0 fully saturated rings. The lowest BCUT2D eigenvalue weighted by Gasteiger charge is -2.28. The van der Waals surface area contributed by atoms with E-state index in [-0.39, 0.29) is 18.4 Å². The van der Waals surface area contributed by atoms with E-state index in [9.17, 15) is 9.59 Å². The number of carbonyl (C=O) groups excluding carboxylic acids is 2. The Morgan fingerprint density at radius 1 is 0.967 bits per heavy atom. The van der Waals surface area contributed by atoms with Crippen molar-refractivity contribution >= 4 is 11.8 Å². The third-order valence-corrected chi connectivity index (χ3v) is 5.11. The average molecular weight is 416 g/mol. The lowest BCUT2D eigenvalue weighted by Crippen LogP contribution is -2.45. The second kappa shape index (κ2) is 12.1. The fraction of sp³-hybridized carbons (Fsp3) is 0.478. The van der Waals surface area contributed by atoms with Crippen molar-refractivity contribution < 1.29 is 19.1 Å². The van der Waals surface area contributed by atoms with Gasteiger partial charge in [0.05, 0.1) is 19.8 Å². The summed E-state index contributed by atoms with van der Waals surface area (Å²) in [7, 11) is 5.14. The maximum Gasteiger partial charge on any atom is 0.254 e. The molecule has 2 amide bonds. The van der Waals surface area contributed by atoms with Gasteiger partial charge in [-0.1, -0.05) is 19.1 Å². The maximum atomic E-state index is 13.1. The summed E-state index contributed by atoms with van der Waals surface area (Å²) < 4.78 is 12.3. The van der Waals surface area contributed by atoms with Gasteiger partial charge in [0.25, 0.3) is 5.91 Å². The number of hydrogen-bond acceptors (Lipinski definition) is 4. The van der Waals surface area contributed by atoms with Crippen LogP contribution in [0.1, 0.15) is 28.5 Å². The number of aryl methyl sites for hydroxylation is 2. The summed E-state index contributed by atoms with van der Waals surface area (Å²) in [6.07, 6.45) is 2.86. The molecule has 0 aliphatic carbocycles. The summed E-state index contributed by atoms with van der Waals surface area (Å²) in [5.41, 5.74) is 2.76. The number of amides is 2. The zero-order chi connectivity index (χ0) is 21.9. The SMILES string of the molecule is CCc1ccc(C(=O)N(CCOC)CC(=O)N(CCOC)Cc2cccn2C)cc1. The predicted octanol–water partition coefficient (Wildman–Crippen LogP) is 2.35. The minimum absolute atomic E-state index is 0.00808. The van der Waals surface area contributed by atoms with Gasteiger partial charge in [0.15, 0.2) is 0 Å². The summed E-state index contributed by atoms with van der Waals surface area (Å²) in [5.74, 6) is -0.295. The van der Waals surface area contributed by atoms with Crippen LogP contribution in [0.25, 0.3) is 0 Å². The smallest absolute Gasteiger partial charge is 0.254 e. The van der Waals surface area contributed by atoms with E-state index in [1.165, 1.54) is 5.56 Å². The van der Waals surface area contributed by atoms with Gasteiger partial charge in [-0.2, -0.15) is 0 Å². The molecule has 7 nitrogen and oxygen atoms in total. The third kappa shape index (κ3) is 6.71. The Morgan fingerprint density at radius 3 is 2.13 bits per heavy atom. The van der Waals surface area contributed by atoms with Crippen molar-refractivity contribution in [2.45, 2.75) is 19.9 Å². The van der Waals surface area contributed by atoms with Gasteiger partial charge in [-0.25, -0.2) is 0 Å². The lowest BCUT2D eigenvalue weighted by atomic mass is 10.1. The molecule has 0 aliphatic rings. The molecule has 0 aliphatic heterocycles. The van der Waals surface area contributed by atoms with Crippen LogP contribution in [-0.4, -0.2) is 73.2 Å². The molecule has 164 valence electrons. The Labute approximate surface area is 179 Å². The van der Waals surface area contributed by atoms with Crippen molar-refractivity contribution in [3.8, 4) is 0 Å². The van der Waals surface area contributed by atoms with Crippen molar-refractivity contribution in [3.05, 3.63) is 59.4 Å². The maximum absolute atomic E-state index is 13.1. The summed E-state index contributed by atoms with van der Waals surface area (Å²) in [5, 5.41) is 0. The van der Waals surface area contributed by atoms with Crippen molar-refractivity contribution in [1.82, 2.24) is 14.4 Å². The Kier molecular flexibility index (Phi) is 9.57. The third-order valence-electron chi connectivity index (χ3n) is 5.11. The highest BCUT2D eigenvalue weighted by Gasteiger charge is 2.23. The number of ether oxygens (including phenoxy) is 2. The number of carbonyl (C=O) groups is 2. The molecule has 0 unspecified atom stereocenters. The van der Waals surface area contributed by atoms with Crippen LogP contribution in [0.3, 0.4) is 0 Å². The fourth-order valence-corrected chi connectivity index (χ4v) is 3.13. The van der Waals surface area contributed by atoms with Crippen LogP contribution in [0.15, 0.2) is 42.6 Å². The molecule has 0 spiro atoms. The highest BCUT2D eigenvalue weighted by Crippen LogP contribution is 2.11. The summed E-state index contributed by atoms with van der Waals surface area (Å²) >= 11 is 0. The van der Waals surface area contributed by atoms with E-state index in [0.29, 0.717) is 38.4 Å². The standard InChI is InChI=1S/C23H33N3O4/c1-5-19-8-10-20(11-9-19)23(28)26(14-16-30-4)18-22(27)25(13-15-29-3)17-21-7-6-12-24(21)2/h6-12H,5,13-18H2,1-4H3. The van der Waals surface area contributed by atoms with E-state index >= 15 is 0 Å². The van der Waals surface area contributed by atoms with E-state index in [2.05, 4.69) is 6.92 Å². The molecular formula is C23H33N3O4. The molecule has 0 saturated heterocycles. The number of aromatic nitrogens is 1. The quantitative estimate of drug-likeness (QED) is 0.534. The molecule has 0 radical (unpaired) electrons. The minimum Gasteiger partial charge on any atom is -0.383 e. The second-order valence-corrected chi connectivity index (χ2v) is 7.19. The van der Waals surface area contributed by atoms with Crippen molar-refractivity contribution in [2.24, 2.45) is 7.05 Å². The first kappa shape index (κ1) is 23.6. The van der Waals surface area contributed by atoms with Crippen LogP contribution >= 0.6 is 0 Å². The molecule has 1 heterocycles. The molecule has 2 rings (SSSR count). The number of nitrogens with zero attached hydrogens (tertiary/aromatic N) is 3. The van der Waals surface area contributed by atoms with Crippen molar-refractivity contribution in [2.75, 3.05) is 47.1 Å². The zero-order valence-corrected chi connectivity index (χ0v) is 18.5. The number of rotatable bonds is 12. The summed E-state index contributed by atoms with van der Waals surface area (Å²) in [4.78, 5) is 29.5. The summed E-state index contributed by atoms with van der Waals surface area (Å²) in [6, 6.07) is 11.5. The Morgan fingerprint density at radius 2 is 1.60 bits per heavy atom. The van der Waals surface area contributed by atoms with Gasteiger partial charge in [0.2, 0.25) is 5.91 Å². The first-order valence-electron chi connectivity index (χ1n) is 10.2. The molecule has 0 N–H and O–H groups in total. The fourth-order valence-electron chi connectivity index (χ4n) is 3.13. The number of methoxy groups -OCH3 is 2. The Balaban J connectivity index is 2.14. The molecule has 30 heavy (non-hydrogen) atoms. The van der Waals surface area contributed by atoms with Crippen molar-refractivity contribution in [3.63, 3.8) is 0 Å². The molecular weight excluding hydrogens is 382 g/mol. The number of benzene rings is 1. The van der Waals surface area contributed by atoms with E-state index < -0.39 is 0 Å². The van der Waals surface area contributed by atoms with E-state index in [4.69, 9.17) is 9.47 Å². The van der Waals surface area contributed by atoms with Gasteiger partial charge < -0.3 is 23.8 Å². The van der Waals surface area contributed by atoms with Crippen LogP contribution < -0.4 is 0 Å². The van der Waals surface area contributed by atoms with Gasteiger partial charge >= 0.3 is 0 Å². The number of hydrogen-bond donors (Lipinski definition) is 0. The summed E-state index contributed by atoms with van der Waals surface area (Å²) in [6.45, 7) is 4.12. The van der Waals surface area contributed by atoms with Crippen LogP contribution in [0, 0.1) is 0 Å². The molecule has 1 aromatic carbocycles. The topological polar surface area (TPSA) is 64.0 Å². The Hall–Kier alpha value is -2.64. The second-order valence-electron chi connectivity index (χ2n) is 7.19. The van der Waals surface area contributed by atoms with E-state index in [0.717, 1.165) is 12.1 Å². The first-order chi connectivity index (χ1) is 14.5. The van der Waals surface area contributed by atoms with Crippen LogP contribution in [-0.2, 0) is 34.3 Å². The Bertz CT molecular complexity index is 801. The lowest BCUT2D eigenvalue weighted by molar-refractivity contribution is -0.133. The van der Waals surface area contributed by atoms with Crippen LogP contribution in [0.2, 0.25) is 0 Å². The van der Waals surface area contributed by atoms with E-state index in [1.807, 2.05) is 54.2 Å². The molecule has 1 aromatic heterocycles. The highest BCUT2D eigenvalue weighted by atomic mass is 16.5. The van der Waals surface area contributed by atoms with Gasteiger partial charge in [0, 0.05) is 51.8 Å². The van der Waals surface area contributed by atoms with E-state index in [1.54, 1.807) is 24.0 Å². The van der Waals surface area contributed by atoms with Gasteiger partial charge in [0.1, 0.15) is 6.54 Å². The normalized spacial score (nSPS) is 10.8. The van der Waals surface area contributed by atoms with Crippen LogP contribution in [0.5, 0.6) is 0 Å².